The zero-order valence-corrected chi connectivity index (χ0v) is 18.3. The largest absolute Gasteiger partial charge is 0.459 e. The number of anilines is 1. The van der Waals surface area contributed by atoms with Crippen LogP contribution in [0.25, 0.3) is 0 Å². The van der Waals surface area contributed by atoms with E-state index in [0.717, 1.165) is 11.1 Å². The number of hydrogen-bond donors (Lipinski definition) is 2. The summed E-state index contributed by atoms with van der Waals surface area (Å²) in [6.07, 6.45) is 0.440. The van der Waals surface area contributed by atoms with Gasteiger partial charge in [-0.2, -0.15) is 0 Å². The second kappa shape index (κ2) is 10.4. The van der Waals surface area contributed by atoms with Gasteiger partial charge in [-0.25, -0.2) is 4.79 Å². The van der Waals surface area contributed by atoms with Crippen LogP contribution in [-0.2, 0) is 9.53 Å². The SMILES string of the molecule is Cc1ccc(C(=O)O[C@@H](C)C(=O)NC[C@@H](C)c2ccccc2)cc1NC(=O)c1ccco1. The van der Waals surface area contributed by atoms with Crippen molar-refractivity contribution in [3.63, 3.8) is 0 Å². The van der Waals surface area contributed by atoms with Crippen molar-refractivity contribution in [3.8, 4) is 0 Å². The van der Waals surface area contributed by atoms with Gasteiger partial charge in [-0.05, 0) is 55.2 Å². The number of benzene rings is 2. The number of carbonyl (C=O) groups excluding carboxylic acids is 3. The van der Waals surface area contributed by atoms with Gasteiger partial charge in [0.15, 0.2) is 11.9 Å². The fourth-order valence-electron chi connectivity index (χ4n) is 3.05. The first-order valence-electron chi connectivity index (χ1n) is 10.3. The average Bonchev–Trinajstić information content (AvgIpc) is 3.34. The molecule has 0 fully saturated rings. The second-order valence-electron chi connectivity index (χ2n) is 7.57. The number of hydrogen-bond acceptors (Lipinski definition) is 5. The Morgan fingerprint density at radius 2 is 1.75 bits per heavy atom. The maximum atomic E-state index is 12.6. The van der Waals surface area contributed by atoms with Crippen molar-refractivity contribution in [1.29, 1.82) is 0 Å². The van der Waals surface area contributed by atoms with E-state index in [9.17, 15) is 14.4 Å². The molecule has 0 bridgehead atoms. The lowest BCUT2D eigenvalue weighted by molar-refractivity contribution is -0.129. The molecule has 2 N–H and O–H groups in total. The van der Waals surface area contributed by atoms with Crippen molar-refractivity contribution in [1.82, 2.24) is 5.32 Å². The van der Waals surface area contributed by atoms with Gasteiger partial charge in [0, 0.05) is 12.2 Å². The van der Waals surface area contributed by atoms with E-state index in [1.807, 2.05) is 37.3 Å². The lowest BCUT2D eigenvalue weighted by Crippen LogP contribution is -2.37. The number of ether oxygens (including phenoxy) is 1. The topological polar surface area (TPSA) is 97.6 Å². The van der Waals surface area contributed by atoms with Crippen molar-refractivity contribution in [3.05, 3.63) is 89.4 Å². The molecule has 0 unspecified atom stereocenters. The Balaban J connectivity index is 1.57. The highest BCUT2D eigenvalue weighted by Gasteiger charge is 2.20. The average molecular weight is 434 g/mol. The van der Waals surface area contributed by atoms with Crippen LogP contribution in [0.3, 0.4) is 0 Å². The quantitative estimate of drug-likeness (QED) is 0.515. The van der Waals surface area contributed by atoms with Crippen LogP contribution in [0.4, 0.5) is 5.69 Å². The number of furan rings is 1. The monoisotopic (exact) mass is 434 g/mol. The first-order chi connectivity index (χ1) is 15.3. The van der Waals surface area contributed by atoms with Crippen LogP contribution in [0.2, 0.25) is 0 Å². The summed E-state index contributed by atoms with van der Waals surface area (Å²) in [5.41, 5.74) is 2.56. The number of carbonyl (C=O) groups is 3. The number of amides is 2. The highest BCUT2D eigenvalue weighted by atomic mass is 16.5. The fourth-order valence-corrected chi connectivity index (χ4v) is 3.05. The summed E-state index contributed by atoms with van der Waals surface area (Å²) in [6, 6.07) is 17.8. The molecule has 2 amide bonds. The van der Waals surface area contributed by atoms with Gasteiger partial charge in [-0.3, -0.25) is 9.59 Å². The number of esters is 1. The van der Waals surface area contributed by atoms with Crippen LogP contribution in [0.1, 0.15) is 51.8 Å². The van der Waals surface area contributed by atoms with Gasteiger partial charge >= 0.3 is 5.97 Å². The van der Waals surface area contributed by atoms with E-state index in [2.05, 4.69) is 10.6 Å². The van der Waals surface area contributed by atoms with Gasteiger partial charge in [-0.1, -0.05) is 43.3 Å². The van der Waals surface area contributed by atoms with E-state index in [0.29, 0.717) is 12.2 Å². The van der Waals surface area contributed by atoms with Crippen molar-refractivity contribution < 1.29 is 23.5 Å². The molecule has 0 radical (unpaired) electrons. The van der Waals surface area contributed by atoms with Crippen molar-refractivity contribution >= 4 is 23.5 Å². The number of nitrogens with one attached hydrogen (secondary N) is 2. The molecule has 0 saturated carbocycles. The van der Waals surface area contributed by atoms with Crippen LogP contribution in [0, 0.1) is 6.92 Å². The van der Waals surface area contributed by atoms with Gasteiger partial charge in [0.25, 0.3) is 11.8 Å². The molecule has 0 aliphatic carbocycles. The fraction of sp³-hybridized carbons (Fsp3) is 0.240. The molecule has 0 aliphatic heterocycles. The molecular weight excluding hydrogens is 408 g/mol. The van der Waals surface area contributed by atoms with Crippen LogP contribution in [0.15, 0.2) is 71.3 Å². The number of rotatable bonds is 8. The summed E-state index contributed by atoms with van der Waals surface area (Å²) in [6.45, 7) is 5.76. The first-order valence-corrected chi connectivity index (χ1v) is 10.3. The highest BCUT2D eigenvalue weighted by Crippen LogP contribution is 2.19. The molecule has 0 aliphatic rings. The van der Waals surface area contributed by atoms with E-state index >= 15 is 0 Å². The molecule has 2 aromatic carbocycles. The van der Waals surface area contributed by atoms with E-state index in [4.69, 9.17) is 9.15 Å². The predicted molar refractivity (Wildman–Crippen MR) is 121 cm³/mol. The third-order valence-corrected chi connectivity index (χ3v) is 5.07. The summed E-state index contributed by atoms with van der Waals surface area (Å²) in [5.74, 6) is -1.17. The third kappa shape index (κ3) is 5.85. The van der Waals surface area contributed by atoms with Crippen LogP contribution in [-0.4, -0.2) is 30.4 Å². The maximum Gasteiger partial charge on any atom is 0.338 e. The summed E-state index contributed by atoms with van der Waals surface area (Å²) in [4.78, 5) is 37.2. The highest BCUT2D eigenvalue weighted by molar-refractivity contribution is 6.03. The lowest BCUT2D eigenvalue weighted by atomic mass is 10.0. The Morgan fingerprint density at radius 3 is 2.44 bits per heavy atom. The zero-order chi connectivity index (χ0) is 23.1. The molecule has 3 rings (SSSR count). The number of aryl methyl sites for hydroxylation is 1. The summed E-state index contributed by atoms with van der Waals surface area (Å²) < 4.78 is 10.4. The second-order valence-corrected chi connectivity index (χ2v) is 7.57. The van der Waals surface area contributed by atoms with Crippen molar-refractivity contribution in [2.75, 3.05) is 11.9 Å². The van der Waals surface area contributed by atoms with Gasteiger partial charge in [0.2, 0.25) is 0 Å². The molecule has 0 saturated heterocycles. The standard InChI is InChI=1S/C25H26N2O5/c1-16-11-12-20(14-21(16)27-24(29)22-10-7-13-31-22)25(30)32-18(3)23(28)26-15-17(2)19-8-5-4-6-9-19/h4-14,17-18H,15H2,1-3H3,(H,26,28)(H,27,29)/t17-,18+/m1/s1. The Kier molecular flexibility index (Phi) is 7.44. The van der Waals surface area contributed by atoms with Crippen LogP contribution in [0.5, 0.6) is 0 Å². The van der Waals surface area contributed by atoms with Gasteiger partial charge in [0.05, 0.1) is 11.8 Å². The minimum atomic E-state index is -0.965. The van der Waals surface area contributed by atoms with E-state index < -0.39 is 18.0 Å². The first kappa shape index (κ1) is 22.8. The molecule has 0 spiro atoms. The van der Waals surface area contributed by atoms with Crippen molar-refractivity contribution in [2.24, 2.45) is 0 Å². The molecule has 7 nitrogen and oxygen atoms in total. The predicted octanol–water partition coefficient (Wildman–Crippen LogP) is 4.31. The maximum absolute atomic E-state index is 12.6. The molecule has 2 atom stereocenters. The van der Waals surface area contributed by atoms with Gasteiger partial charge in [0.1, 0.15) is 0 Å². The minimum absolute atomic E-state index is 0.125. The zero-order valence-electron chi connectivity index (χ0n) is 18.3. The van der Waals surface area contributed by atoms with Gasteiger partial charge < -0.3 is 19.8 Å². The molecule has 32 heavy (non-hydrogen) atoms. The molecule has 7 heteroatoms. The molecule has 166 valence electrons. The Labute approximate surface area is 186 Å². The summed E-state index contributed by atoms with van der Waals surface area (Å²) in [5, 5.41) is 5.53. The summed E-state index contributed by atoms with van der Waals surface area (Å²) in [7, 11) is 0. The van der Waals surface area contributed by atoms with E-state index in [-0.39, 0.29) is 23.1 Å². The van der Waals surface area contributed by atoms with Crippen LogP contribution >= 0.6 is 0 Å². The molecule has 3 aromatic rings. The van der Waals surface area contributed by atoms with Crippen molar-refractivity contribution in [2.45, 2.75) is 32.8 Å². The van der Waals surface area contributed by atoms with Crippen LogP contribution < -0.4 is 10.6 Å². The lowest BCUT2D eigenvalue weighted by Gasteiger charge is -2.17. The van der Waals surface area contributed by atoms with E-state index in [1.165, 1.54) is 19.3 Å². The normalized spacial score (nSPS) is 12.5. The minimum Gasteiger partial charge on any atom is -0.459 e. The van der Waals surface area contributed by atoms with E-state index in [1.54, 1.807) is 31.2 Å². The summed E-state index contributed by atoms with van der Waals surface area (Å²) >= 11 is 0. The Hall–Kier alpha value is -3.87. The molecule has 1 aromatic heterocycles. The molecular formula is C25H26N2O5. The third-order valence-electron chi connectivity index (χ3n) is 5.07. The Bertz CT molecular complexity index is 1080. The smallest absolute Gasteiger partial charge is 0.338 e. The molecule has 1 heterocycles. The van der Waals surface area contributed by atoms with Gasteiger partial charge in [-0.15, -0.1) is 0 Å². The Morgan fingerprint density at radius 1 is 1.00 bits per heavy atom.